The molecule has 0 saturated carbocycles. The maximum atomic E-state index is 13.2. The van der Waals surface area contributed by atoms with Crippen LogP contribution < -0.4 is 0 Å². The van der Waals surface area contributed by atoms with Crippen molar-refractivity contribution in [1.82, 2.24) is 9.80 Å². The molecule has 0 bridgehead atoms. The molecule has 4 rings (SSSR count). The van der Waals surface area contributed by atoms with Crippen molar-refractivity contribution in [3.8, 4) is 0 Å². The van der Waals surface area contributed by atoms with Crippen LogP contribution in [0.15, 0.2) is 54.6 Å². The second-order valence-electron chi connectivity index (χ2n) is 7.96. The molecule has 26 heavy (non-hydrogen) atoms. The number of carbonyl (C=O) groups excluding carboxylic acids is 1. The Balaban J connectivity index is 1.64. The van der Waals surface area contributed by atoms with Crippen molar-refractivity contribution >= 4 is 5.91 Å². The van der Waals surface area contributed by atoms with Crippen LogP contribution in [-0.2, 0) is 24.2 Å². The minimum Gasteiger partial charge on any atom is -0.336 e. The summed E-state index contributed by atoms with van der Waals surface area (Å²) in [5.74, 6) is 0.242. The summed E-state index contributed by atoms with van der Waals surface area (Å²) in [6, 6.07) is 18.8. The van der Waals surface area contributed by atoms with Crippen molar-refractivity contribution in [3.63, 3.8) is 0 Å². The second-order valence-corrected chi connectivity index (χ2v) is 7.96. The lowest BCUT2D eigenvalue weighted by molar-refractivity contribution is -0.133. The number of benzene rings is 2. The average molecular weight is 348 g/mol. The fourth-order valence-electron chi connectivity index (χ4n) is 4.62. The number of carbonyl (C=O) groups is 1. The molecule has 2 aliphatic heterocycles. The van der Waals surface area contributed by atoms with Gasteiger partial charge in [0.15, 0.2) is 0 Å². The Bertz CT molecular complexity index is 773. The second kappa shape index (κ2) is 7.24. The van der Waals surface area contributed by atoms with Crippen molar-refractivity contribution in [2.45, 2.75) is 44.2 Å². The van der Waals surface area contributed by atoms with E-state index in [0.717, 1.165) is 31.6 Å². The molecule has 1 saturated heterocycles. The molecule has 3 heteroatoms. The fraction of sp³-hybridized carbons (Fsp3) is 0.435. The molecule has 136 valence electrons. The first-order valence-corrected chi connectivity index (χ1v) is 9.76. The highest BCUT2D eigenvalue weighted by Gasteiger charge is 2.41. The van der Waals surface area contributed by atoms with Gasteiger partial charge in [-0.1, -0.05) is 61.0 Å². The van der Waals surface area contributed by atoms with E-state index in [9.17, 15) is 4.79 Å². The number of fused-ring (bicyclic) bond motifs is 1. The first kappa shape index (κ1) is 17.3. The first-order valence-electron chi connectivity index (χ1n) is 9.76. The smallest absolute Gasteiger partial charge is 0.227 e. The minimum absolute atomic E-state index is 0.0806. The maximum Gasteiger partial charge on any atom is 0.227 e. The van der Waals surface area contributed by atoms with E-state index in [1.165, 1.54) is 30.4 Å². The summed E-state index contributed by atoms with van der Waals surface area (Å²) in [5.41, 5.74) is 3.90. The van der Waals surface area contributed by atoms with E-state index in [2.05, 4.69) is 41.1 Å². The van der Waals surface area contributed by atoms with E-state index in [4.69, 9.17) is 0 Å². The SMILES string of the molecule is CN1CCCCC12Cc1ccccc1CN(C(=O)Cc1ccccc1)C2. The molecule has 2 aliphatic rings. The Morgan fingerprint density at radius 1 is 1.00 bits per heavy atom. The third kappa shape index (κ3) is 3.41. The number of likely N-dealkylation sites (N-methyl/N-ethyl adjacent to an activating group) is 1. The predicted molar refractivity (Wildman–Crippen MR) is 105 cm³/mol. The van der Waals surface area contributed by atoms with Crippen LogP contribution in [-0.4, -0.2) is 41.4 Å². The molecule has 1 amide bonds. The van der Waals surface area contributed by atoms with Crippen LogP contribution in [0.25, 0.3) is 0 Å². The van der Waals surface area contributed by atoms with Gasteiger partial charge in [0.1, 0.15) is 0 Å². The lowest BCUT2D eigenvalue weighted by Gasteiger charge is -2.47. The lowest BCUT2D eigenvalue weighted by Crippen LogP contribution is -2.57. The van der Waals surface area contributed by atoms with E-state index in [-0.39, 0.29) is 11.4 Å². The van der Waals surface area contributed by atoms with Crippen molar-refractivity contribution in [2.75, 3.05) is 20.1 Å². The third-order valence-electron chi connectivity index (χ3n) is 6.23. The number of rotatable bonds is 2. The lowest BCUT2D eigenvalue weighted by atomic mass is 9.81. The van der Waals surface area contributed by atoms with Gasteiger partial charge in [-0.2, -0.15) is 0 Å². The number of amides is 1. The highest BCUT2D eigenvalue weighted by Crippen LogP contribution is 2.35. The number of nitrogens with zero attached hydrogens (tertiary/aromatic N) is 2. The molecule has 0 radical (unpaired) electrons. The van der Waals surface area contributed by atoms with Crippen molar-refractivity contribution in [2.24, 2.45) is 0 Å². The van der Waals surface area contributed by atoms with E-state index >= 15 is 0 Å². The highest BCUT2D eigenvalue weighted by atomic mass is 16.2. The molecule has 1 spiro atoms. The summed E-state index contributed by atoms with van der Waals surface area (Å²) >= 11 is 0. The van der Waals surface area contributed by atoms with Crippen molar-refractivity contribution < 1.29 is 4.79 Å². The quantitative estimate of drug-likeness (QED) is 0.827. The summed E-state index contributed by atoms with van der Waals surface area (Å²) in [7, 11) is 2.24. The Kier molecular flexibility index (Phi) is 4.82. The van der Waals surface area contributed by atoms with Gasteiger partial charge >= 0.3 is 0 Å². The fourth-order valence-corrected chi connectivity index (χ4v) is 4.62. The summed E-state index contributed by atoms with van der Waals surface area (Å²) in [6.07, 6.45) is 5.23. The van der Waals surface area contributed by atoms with Gasteiger partial charge in [0.05, 0.1) is 6.42 Å². The van der Waals surface area contributed by atoms with Gasteiger partial charge in [-0.05, 0) is 49.5 Å². The zero-order valence-electron chi connectivity index (χ0n) is 15.7. The third-order valence-corrected chi connectivity index (χ3v) is 6.23. The van der Waals surface area contributed by atoms with Crippen LogP contribution >= 0.6 is 0 Å². The normalized spacial score (nSPS) is 23.5. The Hall–Kier alpha value is -2.13. The van der Waals surface area contributed by atoms with Gasteiger partial charge in [0.25, 0.3) is 0 Å². The van der Waals surface area contributed by atoms with Crippen LogP contribution in [0.3, 0.4) is 0 Å². The molecule has 1 atom stereocenters. The molecule has 3 nitrogen and oxygen atoms in total. The molecule has 2 heterocycles. The maximum absolute atomic E-state index is 13.2. The van der Waals surface area contributed by atoms with Crippen LogP contribution in [0.2, 0.25) is 0 Å². The summed E-state index contributed by atoms with van der Waals surface area (Å²) in [6.45, 7) is 2.70. The molecule has 0 aromatic heterocycles. The summed E-state index contributed by atoms with van der Waals surface area (Å²) in [4.78, 5) is 17.8. The zero-order valence-corrected chi connectivity index (χ0v) is 15.7. The van der Waals surface area contributed by atoms with Crippen molar-refractivity contribution in [3.05, 3.63) is 71.3 Å². The molecule has 2 aromatic carbocycles. The van der Waals surface area contributed by atoms with E-state index in [0.29, 0.717) is 6.42 Å². The Morgan fingerprint density at radius 3 is 2.50 bits per heavy atom. The number of hydrogen-bond acceptors (Lipinski definition) is 2. The minimum atomic E-state index is 0.0806. The average Bonchev–Trinajstić information content (AvgIpc) is 2.82. The molecular weight excluding hydrogens is 320 g/mol. The van der Waals surface area contributed by atoms with E-state index in [1.54, 1.807) is 0 Å². The number of piperidine rings is 1. The molecule has 0 N–H and O–H groups in total. The highest BCUT2D eigenvalue weighted by molar-refractivity contribution is 5.79. The standard InChI is InChI=1S/C23H28N2O/c1-24-14-8-7-13-23(24)16-20-11-5-6-12-21(20)17-25(18-23)22(26)15-19-9-3-2-4-10-19/h2-6,9-12H,7-8,13-18H2,1H3. The van der Waals surface area contributed by atoms with E-state index in [1.807, 2.05) is 30.3 Å². The Morgan fingerprint density at radius 2 is 1.73 bits per heavy atom. The number of hydrogen-bond donors (Lipinski definition) is 0. The molecular formula is C23H28N2O. The van der Waals surface area contributed by atoms with Crippen LogP contribution in [0.1, 0.15) is 36.0 Å². The number of likely N-dealkylation sites (tertiary alicyclic amines) is 1. The van der Waals surface area contributed by atoms with Gasteiger partial charge in [0.2, 0.25) is 5.91 Å². The van der Waals surface area contributed by atoms with Gasteiger partial charge < -0.3 is 4.90 Å². The van der Waals surface area contributed by atoms with Crippen molar-refractivity contribution in [1.29, 1.82) is 0 Å². The van der Waals surface area contributed by atoms with Crippen LogP contribution in [0.4, 0.5) is 0 Å². The molecule has 2 aromatic rings. The molecule has 1 fully saturated rings. The van der Waals surface area contributed by atoms with E-state index < -0.39 is 0 Å². The summed E-state index contributed by atoms with van der Waals surface area (Å²) in [5, 5.41) is 0. The first-order chi connectivity index (χ1) is 12.7. The Labute approximate surface area is 156 Å². The van der Waals surface area contributed by atoms with Gasteiger partial charge in [-0.15, -0.1) is 0 Å². The van der Waals surface area contributed by atoms with Crippen LogP contribution in [0, 0.1) is 0 Å². The molecule has 0 aliphatic carbocycles. The van der Waals surface area contributed by atoms with Gasteiger partial charge in [-0.3, -0.25) is 9.69 Å². The monoisotopic (exact) mass is 348 g/mol. The summed E-state index contributed by atoms with van der Waals surface area (Å²) < 4.78 is 0. The van der Waals surface area contributed by atoms with Gasteiger partial charge in [-0.25, -0.2) is 0 Å². The predicted octanol–water partition coefficient (Wildman–Crippen LogP) is 3.67. The molecule has 1 unspecified atom stereocenters. The zero-order chi connectivity index (χ0) is 18.0. The van der Waals surface area contributed by atoms with Gasteiger partial charge in [0, 0.05) is 18.6 Å². The topological polar surface area (TPSA) is 23.6 Å². The largest absolute Gasteiger partial charge is 0.336 e. The van der Waals surface area contributed by atoms with Crippen LogP contribution in [0.5, 0.6) is 0 Å².